The van der Waals surface area contributed by atoms with Gasteiger partial charge in [-0.15, -0.1) is 0 Å². The minimum Gasteiger partial charge on any atom is -0.545 e. The molecule has 2 aliphatic carbocycles. The van der Waals surface area contributed by atoms with E-state index in [9.17, 15) is 9.90 Å². The van der Waals surface area contributed by atoms with E-state index >= 15 is 0 Å². The van der Waals surface area contributed by atoms with Crippen molar-refractivity contribution in [3.8, 4) is 0 Å². The van der Waals surface area contributed by atoms with Gasteiger partial charge in [0.2, 0.25) is 0 Å². The second kappa shape index (κ2) is 4.13. The lowest BCUT2D eigenvalue weighted by atomic mass is 10.0. The summed E-state index contributed by atoms with van der Waals surface area (Å²) >= 11 is 0. The van der Waals surface area contributed by atoms with Crippen LogP contribution in [0.2, 0.25) is 0 Å². The zero-order valence-electron chi connectivity index (χ0n) is 8.27. The fourth-order valence-electron chi connectivity index (χ4n) is 1.69. The molecule has 15 heavy (non-hydrogen) atoms. The van der Waals surface area contributed by atoms with Crippen molar-refractivity contribution < 1.29 is 9.90 Å². The van der Waals surface area contributed by atoms with E-state index in [0.29, 0.717) is 12.0 Å². The zero-order valence-corrected chi connectivity index (χ0v) is 8.27. The van der Waals surface area contributed by atoms with E-state index in [-0.39, 0.29) is 0 Å². The van der Waals surface area contributed by atoms with E-state index in [0.717, 1.165) is 17.6 Å². The molecule has 2 nitrogen and oxygen atoms in total. The Morgan fingerprint density at radius 3 is 2.47 bits per heavy atom. The van der Waals surface area contributed by atoms with Gasteiger partial charge in [-0.3, -0.25) is 0 Å². The van der Waals surface area contributed by atoms with E-state index in [1.807, 2.05) is 36.5 Å². The number of aliphatic carboxylic acids is 1. The molecule has 0 atom stereocenters. The van der Waals surface area contributed by atoms with Crippen LogP contribution in [0.4, 0.5) is 0 Å². The summed E-state index contributed by atoms with van der Waals surface area (Å²) in [7, 11) is 0. The highest BCUT2D eigenvalue weighted by atomic mass is 16.4. The number of carbonyl (C=O) groups is 1. The fraction of sp³-hybridized carbons (Fsp3) is 0.154. The van der Waals surface area contributed by atoms with Crippen LogP contribution in [0.5, 0.6) is 0 Å². The summed E-state index contributed by atoms with van der Waals surface area (Å²) in [5.41, 5.74) is 2.14. The van der Waals surface area contributed by atoms with Gasteiger partial charge in [-0.05, 0) is 30.1 Å². The molecule has 0 bridgehead atoms. The van der Waals surface area contributed by atoms with Crippen molar-refractivity contribution in [1.82, 2.24) is 0 Å². The van der Waals surface area contributed by atoms with Crippen molar-refractivity contribution in [2.75, 3.05) is 0 Å². The van der Waals surface area contributed by atoms with Gasteiger partial charge in [-0.25, -0.2) is 0 Å². The molecule has 0 heterocycles. The lowest BCUT2D eigenvalue weighted by molar-refractivity contribution is -0.298. The highest BCUT2D eigenvalue weighted by Gasteiger charge is 2.08. The largest absolute Gasteiger partial charge is 0.545 e. The first-order valence-electron chi connectivity index (χ1n) is 4.92. The van der Waals surface area contributed by atoms with E-state index in [1.165, 1.54) is 0 Å². The van der Waals surface area contributed by atoms with Crippen LogP contribution in [0.25, 0.3) is 0 Å². The highest BCUT2D eigenvalue weighted by Crippen LogP contribution is 2.23. The van der Waals surface area contributed by atoms with Crippen LogP contribution >= 0.6 is 0 Å². The van der Waals surface area contributed by atoms with Gasteiger partial charge in [-0.2, -0.15) is 0 Å². The van der Waals surface area contributed by atoms with Gasteiger partial charge in [0.15, 0.2) is 0 Å². The van der Waals surface area contributed by atoms with Crippen molar-refractivity contribution in [3.63, 3.8) is 0 Å². The maximum absolute atomic E-state index is 11.0. The van der Waals surface area contributed by atoms with E-state index in [4.69, 9.17) is 0 Å². The van der Waals surface area contributed by atoms with Crippen LogP contribution < -0.4 is 5.11 Å². The molecule has 0 saturated heterocycles. The van der Waals surface area contributed by atoms with Crippen LogP contribution in [0, 0.1) is 0 Å². The Labute approximate surface area is 88.6 Å². The van der Waals surface area contributed by atoms with E-state index in [1.54, 1.807) is 6.08 Å². The summed E-state index contributed by atoms with van der Waals surface area (Å²) in [6.07, 6.45) is 14.7. The third-order valence-electron chi connectivity index (χ3n) is 2.47. The van der Waals surface area contributed by atoms with E-state index < -0.39 is 5.97 Å². The Kier molecular flexibility index (Phi) is 2.68. The van der Waals surface area contributed by atoms with Crippen LogP contribution in [-0.2, 0) is 4.79 Å². The molecular formula is C13H11O2-. The molecule has 0 aromatic heterocycles. The van der Waals surface area contributed by atoms with Gasteiger partial charge < -0.3 is 9.90 Å². The second-order valence-electron chi connectivity index (χ2n) is 3.54. The quantitative estimate of drug-likeness (QED) is 0.645. The molecule has 0 unspecified atom stereocenters. The third-order valence-corrected chi connectivity index (χ3v) is 2.47. The first kappa shape index (κ1) is 9.71. The molecule has 76 valence electrons. The van der Waals surface area contributed by atoms with Gasteiger partial charge in [0.05, 0.1) is 5.97 Å². The molecule has 0 saturated carbocycles. The Morgan fingerprint density at radius 2 is 1.93 bits per heavy atom. The van der Waals surface area contributed by atoms with Crippen molar-refractivity contribution >= 4 is 5.97 Å². The standard InChI is InChI=1S/C13H12O2/c14-13(15)12(11-7-3-4-8-11)9-10-5-1-2-6-10/h1-5,7,9H,6,8H2,(H,14,15)/p-1/b12-9-. The SMILES string of the molecule is O=C([O-])/C(=C\C1=CC=CC1)C1=CC=CC1. The summed E-state index contributed by atoms with van der Waals surface area (Å²) in [5.74, 6) is -1.10. The molecule has 0 aromatic rings. The van der Waals surface area contributed by atoms with Crippen molar-refractivity contribution in [3.05, 3.63) is 59.3 Å². The first-order chi connectivity index (χ1) is 7.27. The summed E-state index contributed by atoms with van der Waals surface area (Å²) in [5, 5.41) is 11.0. The lowest BCUT2D eigenvalue weighted by Gasteiger charge is -2.10. The molecule has 0 spiro atoms. The lowest BCUT2D eigenvalue weighted by Crippen LogP contribution is -2.25. The molecule has 0 aliphatic heterocycles. The Morgan fingerprint density at radius 1 is 1.20 bits per heavy atom. The molecule has 2 aliphatic rings. The van der Waals surface area contributed by atoms with Crippen LogP contribution in [-0.4, -0.2) is 5.97 Å². The number of carbonyl (C=O) groups excluding carboxylic acids is 1. The number of hydrogen-bond acceptors (Lipinski definition) is 2. The van der Waals surface area contributed by atoms with Gasteiger partial charge in [0, 0.05) is 5.57 Å². The molecule has 0 fully saturated rings. The Balaban J connectivity index is 2.23. The monoisotopic (exact) mass is 199 g/mol. The molecule has 0 radical (unpaired) electrons. The average molecular weight is 199 g/mol. The second-order valence-corrected chi connectivity index (χ2v) is 3.54. The number of rotatable bonds is 3. The molecule has 2 heteroatoms. The summed E-state index contributed by atoms with van der Waals surface area (Å²) in [6.45, 7) is 0. The zero-order chi connectivity index (χ0) is 10.7. The number of hydrogen-bond donors (Lipinski definition) is 0. The van der Waals surface area contributed by atoms with Gasteiger partial charge in [0.25, 0.3) is 0 Å². The van der Waals surface area contributed by atoms with Gasteiger partial charge in [-0.1, -0.05) is 36.5 Å². The Hall–Kier alpha value is -1.83. The minimum atomic E-state index is -1.10. The van der Waals surface area contributed by atoms with Crippen LogP contribution in [0.15, 0.2) is 59.3 Å². The van der Waals surface area contributed by atoms with Crippen LogP contribution in [0.1, 0.15) is 12.8 Å². The average Bonchev–Trinajstić information content (AvgIpc) is 2.87. The highest BCUT2D eigenvalue weighted by molar-refractivity contribution is 5.91. The number of allylic oxidation sites excluding steroid dienone is 8. The number of carboxylic acids is 1. The predicted octanol–water partition coefficient (Wildman–Crippen LogP) is 1.44. The summed E-state index contributed by atoms with van der Waals surface area (Å²) < 4.78 is 0. The smallest absolute Gasteiger partial charge is 0.0718 e. The first-order valence-corrected chi connectivity index (χ1v) is 4.92. The molecule has 0 aromatic carbocycles. The maximum Gasteiger partial charge on any atom is 0.0718 e. The summed E-state index contributed by atoms with van der Waals surface area (Å²) in [6, 6.07) is 0. The number of carboxylic acid groups (broad SMARTS) is 1. The normalized spacial score (nSPS) is 19.3. The van der Waals surface area contributed by atoms with Crippen molar-refractivity contribution in [2.45, 2.75) is 12.8 Å². The fourth-order valence-corrected chi connectivity index (χ4v) is 1.69. The van der Waals surface area contributed by atoms with Crippen molar-refractivity contribution in [1.29, 1.82) is 0 Å². The van der Waals surface area contributed by atoms with Crippen molar-refractivity contribution in [2.24, 2.45) is 0 Å². The summed E-state index contributed by atoms with van der Waals surface area (Å²) in [4.78, 5) is 11.0. The minimum absolute atomic E-state index is 0.301. The molecule has 0 amide bonds. The maximum atomic E-state index is 11.0. The molecule has 2 rings (SSSR count). The topological polar surface area (TPSA) is 40.1 Å². The van der Waals surface area contributed by atoms with Gasteiger partial charge in [0.1, 0.15) is 0 Å². The Bertz CT molecular complexity index is 431. The molecule has 0 N–H and O–H groups in total. The molecular weight excluding hydrogens is 188 g/mol. The van der Waals surface area contributed by atoms with Crippen LogP contribution in [0.3, 0.4) is 0 Å². The van der Waals surface area contributed by atoms with E-state index in [2.05, 4.69) is 0 Å². The third kappa shape index (κ3) is 2.15. The van der Waals surface area contributed by atoms with Gasteiger partial charge >= 0.3 is 0 Å². The predicted molar refractivity (Wildman–Crippen MR) is 56.8 cm³/mol.